The summed E-state index contributed by atoms with van der Waals surface area (Å²) in [6.45, 7) is 16.3. The second kappa shape index (κ2) is 81.7. The molecular weight excluding hydrogens is 1160 g/mol. The van der Waals surface area contributed by atoms with E-state index >= 15 is 0 Å². The largest absolute Gasteiger partial charge is 0.481 e. The van der Waals surface area contributed by atoms with Crippen LogP contribution in [0.3, 0.4) is 0 Å². The molecule has 0 aromatic heterocycles. The lowest BCUT2D eigenvalue weighted by atomic mass is 10.0. The van der Waals surface area contributed by atoms with Crippen LogP contribution in [-0.4, -0.2) is 167 Å². The van der Waals surface area contributed by atoms with Gasteiger partial charge in [-0.25, -0.2) is 0 Å². The lowest BCUT2D eigenvalue weighted by Crippen LogP contribution is -2.51. The molecule has 0 bridgehead atoms. The van der Waals surface area contributed by atoms with Crippen LogP contribution in [0, 0.1) is 0 Å². The molecule has 0 spiro atoms. The van der Waals surface area contributed by atoms with Gasteiger partial charge in [0.15, 0.2) is 0 Å². The maximum atomic E-state index is 12.3. The van der Waals surface area contributed by atoms with Crippen LogP contribution >= 0.6 is 0 Å². The average Bonchev–Trinajstić information content (AvgIpc) is 3.73. The fourth-order valence-corrected chi connectivity index (χ4v) is 8.24. The molecule has 0 saturated heterocycles. The second-order valence-corrected chi connectivity index (χ2v) is 20.7. The second-order valence-electron chi connectivity index (χ2n) is 20.7. The van der Waals surface area contributed by atoms with Gasteiger partial charge in [0.2, 0.25) is 35.4 Å². The number of nitrogens with two attached hydrogens (primary N) is 2. The Balaban J connectivity index is -0.000000358. The number of nitrogens with one attached hydrogen (secondary N) is 5. The smallest absolute Gasteiger partial charge is 0.303 e. The molecule has 0 aromatic rings. The predicted molar refractivity (Wildman–Crippen MR) is 356 cm³/mol. The molecule has 0 aliphatic heterocycles. The summed E-state index contributed by atoms with van der Waals surface area (Å²) >= 11 is 0. The number of unbranched alkanes of at least 4 members (excludes halogenated alkanes) is 24. The van der Waals surface area contributed by atoms with E-state index in [1.165, 1.54) is 71.3 Å². The van der Waals surface area contributed by atoms with Crippen molar-refractivity contribution in [2.24, 2.45) is 11.5 Å². The average molecular weight is 1290 g/mol. The predicted octanol–water partition coefficient (Wildman–Crippen LogP) is 9.62. The summed E-state index contributed by atoms with van der Waals surface area (Å²) in [5.41, 5.74) is 9.95. The molecule has 532 valence electrons. The highest BCUT2D eigenvalue weighted by Crippen LogP contribution is 2.15. The Bertz CT molecular complexity index is 1700. The molecule has 90 heavy (non-hydrogen) atoms. The van der Waals surface area contributed by atoms with Crippen LogP contribution in [0.25, 0.3) is 0 Å². The van der Waals surface area contributed by atoms with Crippen molar-refractivity contribution < 1.29 is 82.2 Å². The van der Waals surface area contributed by atoms with E-state index in [4.69, 9.17) is 40.0 Å². The molecule has 0 rings (SSSR count). The summed E-state index contributed by atoms with van der Waals surface area (Å²) < 4.78 is 21.0. The third-order valence-electron chi connectivity index (χ3n) is 12.9. The third-order valence-corrected chi connectivity index (χ3v) is 12.9. The fourth-order valence-electron chi connectivity index (χ4n) is 8.24. The molecule has 0 aliphatic carbocycles. The number of carbonyl (C=O) groups is 10. The highest BCUT2D eigenvalue weighted by atomic mass is 16.5. The van der Waals surface area contributed by atoms with Crippen molar-refractivity contribution in [3.63, 3.8) is 0 Å². The molecule has 0 aromatic carbocycles. The Hall–Kier alpha value is -5.30. The van der Waals surface area contributed by atoms with Gasteiger partial charge in [-0.15, -0.1) is 0 Å². The molecule has 0 radical (unpaired) electrons. The van der Waals surface area contributed by atoms with Gasteiger partial charge in [0.25, 0.3) is 0 Å². The third kappa shape index (κ3) is 89.1. The first-order valence-corrected chi connectivity index (χ1v) is 34.2. The van der Waals surface area contributed by atoms with E-state index in [0.29, 0.717) is 58.5 Å². The zero-order valence-corrected chi connectivity index (χ0v) is 57.5. The normalized spacial score (nSPS) is 10.5. The molecule has 0 heterocycles. The number of rotatable bonds is 60. The Morgan fingerprint density at radius 3 is 0.967 bits per heavy atom. The summed E-state index contributed by atoms with van der Waals surface area (Å²) in [5.74, 6) is -3.86. The van der Waals surface area contributed by atoms with Crippen LogP contribution < -0.4 is 38.1 Å². The number of ether oxygens (including phenoxy) is 4. The number of hydrogen-bond acceptors (Lipinski definition) is 15. The first kappa shape index (κ1) is 95.8. The molecule has 24 heteroatoms. The first-order chi connectivity index (χ1) is 43.5. The molecule has 0 aliphatic rings. The van der Waals surface area contributed by atoms with Crippen molar-refractivity contribution in [2.45, 2.75) is 279 Å². The van der Waals surface area contributed by atoms with Crippen LogP contribution in [0.2, 0.25) is 0 Å². The monoisotopic (exact) mass is 1290 g/mol. The Labute approximate surface area is 542 Å². The van der Waals surface area contributed by atoms with Crippen molar-refractivity contribution in [1.82, 2.24) is 26.6 Å². The highest BCUT2D eigenvalue weighted by Gasteiger charge is 2.19. The molecule has 0 saturated carbocycles. The summed E-state index contributed by atoms with van der Waals surface area (Å²) in [5, 5.41) is 39.2. The van der Waals surface area contributed by atoms with Crippen LogP contribution in [0.15, 0.2) is 0 Å². The van der Waals surface area contributed by atoms with Crippen LogP contribution in [-0.2, 0) is 66.9 Å². The Kier molecular flexibility index (Phi) is 87.0. The molecule has 12 N–H and O–H groups in total. The van der Waals surface area contributed by atoms with Gasteiger partial charge in [-0.05, 0) is 58.9 Å². The van der Waals surface area contributed by atoms with Gasteiger partial charge in [-0.2, -0.15) is 0 Å². The summed E-state index contributed by atoms with van der Waals surface area (Å²) in [6, 6.07) is -0.900. The maximum absolute atomic E-state index is 12.3. The highest BCUT2D eigenvalue weighted by molar-refractivity contribution is 5.87. The van der Waals surface area contributed by atoms with Gasteiger partial charge < -0.3 is 77.1 Å². The van der Waals surface area contributed by atoms with E-state index < -0.39 is 29.9 Å². The van der Waals surface area contributed by atoms with Gasteiger partial charge in [-0.1, -0.05) is 176 Å². The molecule has 6 amide bonds. The lowest BCUT2D eigenvalue weighted by Gasteiger charge is -2.16. The molecule has 0 fully saturated rings. The number of carboxylic acid groups (broad SMARTS) is 3. The zero-order valence-electron chi connectivity index (χ0n) is 57.5. The van der Waals surface area contributed by atoms with Crippen molar-refractivity contribution in [3.05, 3.63) is 0 Å². The van der Waals surface area contributed by atoms with E-state index in [1.807, 2.05) is 41.5 Å². The minimum atomic E-state index is -0.926. The van der Waals surface area contributed by atoms with Crippen LogP contribution in [0.5, 0.6) is 0 Å². The van der Waals surface area contributed by atoms with Gasteiger partial charge in [-0.3, -0.25) is 43.2 Å². The summed E-state index contributed by atoms with van der Waals surface area (Å²) in [6.07, 6.45) is 30.7. The van der Waals surface area contributed by atoms with E-state index in [1.54, 1.807) is 6.92 Å². The standard InChI is InChI=1S/C35H65N3O7.C24H43N3O10.3C2H6.CH5N/c36-35(45)30(38-32(40)26-22-18-14-10-6-2-4-8-12-16-20-24-28-34(43)44)29-37-31(39)25-21-17-13-9-5-1-3-7-11-15-19-23-27-33(41)42;1-20(28)6-3-2-4-9-25-22(30)18-36-16-15-35-13-11-27-23(31)19-37-17-14-34-12-10-26-21(29)7-5-8-24(32)33;4*1-2/h30H,1-29H2,(H2,36,45)(H,37,39)(H,38,40)(H,41,42)(H,43,44);2-19H2,1H3,(H,25,30)(H,26,29)(H,27,31)(H,32,33);3*1-2H3;2H2,1H3. The maximum Gasteiger partial charge on any atom is 0.303 e. The summed E-state index contributed by atoms with van der Waals surface area (Å²) in [4.78, 5) is 113. The number of ketones is 1. The SMILES string of the molecule is CC.CC.CC.CC(=O)CCCCCNC(=O)COCCOCCNC(=O)COCCOCCNC(=O)CCCC(=O)O.CN.NC(=O)C(CNC(=O)CCCCCCCCCCCCCCC(=O)O)NC(=O)CCCCCCCCCCCCCCC(=O)O. The number of amides is 6. The summed E-state index contributed by atoms with van der Waals surface area (Å²) in [7, 11) is 1.50. The first-order valence-electron chi connectivity index (χ1n) is 34.2. The Morgan fingerprint density at radius 1 is 0.322 bits per heavy atom. The number of aliphatic carboxylic acids is 3. The number of carbonyl (C=O) groups excluding carboxylic acids is 7. The van der Waals surface area contributed by atoms with E-state index in [2.05, 4.69) is 32.3 Å². The topological polar surface area (TPSA) is 380 Å². The van der Waals surface area contributed by atoms with Crippen molar-refractivity contribution in [1.29, 1.82) is 0 Å². The fraction of sp³-hybridized carbons (Fsp3) is 0.848. The van der Waals surface area contributed by atoms with Gasteiger partial charge in [0.05, 0.1) is 39.6 Å². The Morgan fingerprint density at radius 2 is 0.600 bits per heavy atom. The molecular formula is C66H131N7O17. The number of hydrogen-bond donors (Lipinski definition) is 10. The van der Waals surface area contributed by atoms with Crippen molar-refractivity contribution in [2.75, 3.05) is 86.1 Å². The minimum Gasteiger partial charge on any atom is -0.481 e. The van der Waals surface area contributed by atoms with Crippen LogP contribution in [0.4, 0.5) is 0 Å². The van der Waals surface area contributed by atoms with Crippen LogP contribution in [0.1, 0.15) is 273 Å². The van der Waals surface area contributed by atoms with Crippen molar-refractivity contribution >= 4 is 59.1 Å². The van der Waals surface area contributed by atoms with Crippen molar-refractivity contribution in [3.8, 4) is 0 Å². The number of primary amides is 1. The number of carboxylic acids is 3. The lowest BCUT2D eigenvalue weighted by molar-refractivity contribution is -0.138. The van der Waals surface area contributed by atoms with E-state index in [0.717, 1.165) is 109 Å². The van der Waals surface area contributed by atoms with E-state index in [-0.39, 0.29) is 107 Å². The number of Topliss-reactive ketones (excluding diaryl/α,β-unsaturated/α-hetero) is 1. The zero-order chi connectivity index (χ0) is 68.9. The molecule has 24 nitrogen and oxygen atoms in total. The molecule has 1 unspecified atom stereocenters. The van der Waals surface area contributed by atoms with E-state index in [9.17, 15) is 47.9 Å². The van der Waals surface area contributed by atoms with Gasteiger partial charge >= 0.3 is 17.9 Å². The molecule has 1 atom stereocenters. The van der Waals surface area contributed by atoms with Gasteiger partial charge in [0.1, 0.15) is 25.0 Å². The van der Waals surface area contributed by atoms with Gasteiger partial charge in [0, 0.05) is 71.1 Å². The quantitative estimate of drug-likeness (QED) is 0.0253. The minimum absolute atomic E-state index is 0.0157.